The van der Waals surface area contributed by atoms with Gasteiger partial charge in [-0.15, -0.1) is 0 Å². The molecule has 0 saturated heterocycles. The van der Waals surface area contributed by atoms with E-state index in [-0.39, 0.29) is 12.2 Å². The Kier molecular flexibility index (Phi) is 4.07. The third-order valence-corrected chi connectivity index (χ3v) is 2.51. The van der Waals surface area contributed by atoms with Crippen LogP contribution in [0.5, 0.6) is 5.75 Å². The van der Waals surface area contributed by atoms with Gasteiger partial charge in [0.05, 0.1) is 7.11 Å². The fourth-order valence-corrected chi connectivity index (χ4v) is 1.49. The molecule has 4 nitrogen and oxygen atoms in total. The number of carbonyl (C=O) groups is 1. The standard InChI is InChI=1S/C14H12FNO3/c1-18-11-6-4-10(5-7-11)9-19-14(17)12-3-2-8-16-13(12)15/h2-8H,9H2,1H3. The van der Waals surface area contributed by atoms with E-state index in [2.05, 4.69) is 4.98 Å². The molecular formula is C14H12FNO3. The molecule has 0 bridgehead atoms. The Hall–Kier alpha value is -2.43. The number of esters is 1. The van der Waals surface area contributed by atoms with Crippen LogP contribution in [-0.2, 0) is 11.3 Å². The normalized spacial score (nSPS) is 10.0. The topological polar surface area (TPSA) is 48.4 Å². The molecule has 0 radical (unpaired) electrons. The molecule has 0 unspecified atom stereocenters. The molecule has 5 heteroatoms. The van der Waals surface area contributed by atoms with Crippen molar-refractivity contribution in [1.29, 1.82) is 0 Å². The number of benzene rings is 1. The van der Waals surface area contributed by atoms with E-state index in [1.807, 2.05) is 0 Å². The van der Waals surface area contributed by atoms with Crippen molar-refractivity contribution in [1.82, 2.24) is 4.98 Å². The van der Waals surface area contributed by atoms with E-state index in [4.69, 9.17) is 9.47 Å². The molecule has 98 valence electrons. The first-order valence-corrected chi connectivity index (χ1v) is 5.61. The fraction of sp³-hybridized carbons (Fsp3) is 0.143. The van der Waals surface area contributed by atoms with Gasteiger partial charge < -0.3 is 9.47 Å². The van der Waals surface area contributed by atoms with Gasteiger partial charge >= 0.3 is 5.97 Å². The number of methoxy groups -OCH3 is 1. The highest BCUT2D eigenvalue weighted by Gasteiger charge is 2.13. The van der Waals surface area contributed by atoms with Crippen LogP contribution in [-0.4, -0.2) is 18.1 Å². The third kappa shape index (κ3) is 3.28. The second-order valence-electron chi connectivity index (χ2n) is 3.77. The molecule has 0 saturated carbocycles. The molecule has 1 aromatic carbocycles. The number of carbonyl (C=O) groups excluding carboxylic acids is 1. The number of hydrogen-bond donors (Lipinski definition) is 0. The molecule has 0 aliphatic rings. The molecule has 2 rings (SSSR count). The van der Waals surface area contributed by atoms with Crippen LogP contribution < -0.4 is 4.74 Å². The van der Waals surface area contributed by atoms with E-state index in [1.165, 1.54) is 18.3 Å². The second-order valence-corrected chi connectivity index (χ2v) is 3.77. The number of pyridine rings is 1. The molecule has 0 N–H and O–H groups in total. The summed E-state index contributed by atoms with van der Waals surface area (Å²) < 4.78 is 23.3. The summed E-state index contributed by atoms with van der Waals surface area (Å²) in [7, 11) is 1.57. The average molecular weight is 261 g/mol. The minimum absolute atomic E-state index is 0.0666. The molecule has 0 aliphatic heterocycles. The second kappa shape index (κ2) is 5.95. The maximum atomic E-state index is 13.2. The maximum absolute atomic E-state index is 13.2. The third-order valence-electron chi connectivity index (χ3n) is 2.51. The lowest BCUT2D eigenvalue weighted by Gasteiger charge is -2.06. The van der Waals surface area contributed by atoms with Crippen LogP contribution in [0.4, 0.5) is 4.39 Å². The minimum atomic E-state index is -0.831. The minimum Gasteiger partial charge on any atom is -0.497 e. The molecule has 2 aromatic rings. The van der Waals surface area contributed by atoms with E-state index in [1.54, 1.807) is 31.4 Å². The van der Waals surface area contributed by atoms with Crippen molar-refractivity contribution in [2.45, 2.75) is 6.61 Å². The number of aromatic nitrogens is 1. The quantitative estimate of drug-likeness (QED) is 0.627. The van der Waals surface area contributed by atoms with Gasteiger partial charge in [0.15, 0.2) is 0 Å². The first kappa shape index (κ1) is 13.0. The number of rotatable bonds is 4. The van der Waals surface area contributed by atoms with Crippen molar-refractivity contribution in [2.75, 3.05) is 7.11 Å². The first-order chi connectivity index (χ1) is 9.20. The Balaban J connectivity index is 1.98. The zero-order valence-corrected chi connectivity index (χ0v) is 10.3. The molecule has 0 fully saturated rings. The lowest BCUT2D eigenvalue weighted by molar-refractivity contribution is 0.0466. The van der Waals surface area contributed by atoms with Crippen LogP contribution in [0, 0.1) is 5.95 Å². The Morgan fingerprint density at radius 1 is 1.26 bits per heavy atom. The summed E-state index contributed by atoms with van der Waals surface area (Å²) in [5.74, 6) is -0.850. The Bertz CT molecular complexity index is 569. The van der Waals surface area contributed by atoms with Crippen molar-refractivity contribution in [3.63, 3.8) is 0 Å². The van der Waals surface area contributed by atoms with E-state index >= 15 is 0 Å². The van der Waals surface area contributed by atoms with E-state index in [0.717, 1.165) is 5.56 Å². The highest BCUT2D eigenvalue weighted by Crippen LogP contribution is 2.13. The first-order valence-electron chi connectivity index (χ1n) is 5.61. The van der Waals surface area contributed by atoms with Gasteiger partial charge in [-0.3, -0.25) is 0 Å². The van der Waals surface area contributed by atoms with Crippen LogP contribution in [0.15, 0.2) is 42.6 Å². The maximum Gasteiger partial charge on any atom is 0.343 e. The summed E-state index contributed by atoms with van der Waals surface area (Å²) in [6.45, 7) is 0.0666. The van der Waals surface area contributed by atoms with Crippen molar-refractivity contribution in [3.8, 4) is 5.75 Å². The summed E-state index contributed by atoms with van der Waals surface area (Å²) in [5.41, 5.74) is 0.620. The zero-order valence-electron chi connectivity index (χ0n) is 10.3. The predicted octanol–water partition coefficient (Wildman–Crippen LogP) is 2.59. The molecule has 0 aliphatic carbocycles. The van der Waals surface area contributed by atoms with Crippen LogP contribution in [0.1, 0.15) is 15.9 Å². The largest absolute Gasteiger partial charge is 0.497 e. The van der Waals surface area contributed by atoms with Gasteiger partial charge in [0.25, 0.3) is 0 Å². The summed E-state index contributed by atoms with van der Waals surface area (Å²) >= 11 is 0. The van der Waals surface area contributed by atoms with Crippen LogP contribution in [0.25, 0.3) is 0 Å². The highest BCUT2D eigenvalue weighted by atomic mass is 19.1. The van der Waals surface area contributed by atoms with Crippen molar-refractivity contribution >= 4 is 5.97 Å². The number of ether oxygens (including phenoxy) is 2. The van der Waals surface area contributed by atoms with Gasteiger partial charge in [-0.05, 0) is 29.8 Å². The molecule has 1 heterocycles. The molecule has 0 amide bonds. The van der Waals surface area contributed by atoms with Gasteiger partial charge in [-0.2, -0.15) is 4.39 Å². The van der Waals surface area contributed by atoms with Gasteiger partial charge in [0.1, 0.15) is 17.9 Å². The van der Waals surface area contributed by atoms with Gasteiger partial charge in [0.2, 0.25) is 5.95 Å². The summed E-state index contributed by atoms with van der Waals surface area (Å²) in [6, 6.07) is 9.87. The predicted molar refractivity (Wildman–Crippen MR) is 66.3 cm³/mol. The van der Waals surface area contributed by atoms with Gasteiger partial charge in [-0.1, -0.05) is 12.1 Å². The average Bonchev–Trinajstić information content (AvgIpc) is 2.46. The fourth-order valence-electron chi connectivity index (χ4n) is 1.49. The van der Waals surface area contributed by atoms with Crippen molar-refractivity contribution < 1.29 is 18.7 Å². The lowest BCUT2D eigenvalue weighted by Crippen LogP contribution is -2.08. The molecule has 0 spiro atoms. The van der Waals surface area contributed by atoms with E-state index in [0.29, 0.717) is 5.75 Å². The zero-order chi connectivity index (χ0) is 13.7. The summed E-state index contributed by atoms with van der Waals surface area (Å²) in [4.78, 5) is 15.0. The summed E-state index contributed by atoms with van der Waals surface area (Å²) in [6.07, 6.45) is 1.27. The number of halogens is 1. The Morgan fingerprint density at radius 3 is 2.63 bits per heavy atom. The van der Waals surface area contributed by atoms with Crippen molar-refractivity contribution in [3.05, 3.63) is 59.7 Å². The van der Waals surface area contributed by atoms with Crippen molar-refractivity contribution in [2.24, 2.45) is 0 Å². The summed E-state index contributed by atoms with van der Waals surface area (Å²) in [5, 5.41) is 0. The molecule has 0 atom stereocenters. The van der Waals surface area contributed by atoms with E-state index < -0.39 is 11.9 Å². The van der Waals surface area contributed by atoms with Gasteiger partial charge in [0, 0.05) is 6.20 Å². The van der Waals surface area contributed by atoms with Crippen LogP contribution in [0.3, 0.4) is 0 Å². The van der Waals surface area contributed by atoms with E-state index in [9.17, 15) is 9.18 Å². The smallest absolute Gasteiger partial charge is 0.343 e. The monoisotopic (exact) mass is 261 g/mol. The highest BCUT2D eigenvalue weighted by molar-refractivity contribution is 5.89. The molecule has 19 heavy (non-hydrogen) atoms. The van der Waals surface area contributed by atoms with Crippen LogP contribution >= 0.6 is 0 Å². The van der Waals surface area contributed by atoms with Gasteiger partial charge in [-0.25, -0.2) is 9.78 Å². The van der Waals surface area contributed by atoms with Crippen LogP contribution in [0.2, 0.25) is 0 Å². The molecular weight excluding hydrogens is 249 g/mol. The lowest BCUT2D eigenvalue weighted by atomic mass is 10.2. The number of nitrogens with zero attached hydrogens (tertiary/aromatic N) is 1. The Morgan fingerprint density at radius 2 is 2.00 bits per heavy atom. The number of hydrogen-bond acceptors (Lipinski definition) is 4. The Labute approximate surface area is 109 Å². The SMILES string of the molecule is COc1ccc(COC(=O)c2cccnc2F)cc1. The molecule has 1 aromatic heterocycles.